The van der Waals surface area contributed by atoms with E-state index in [9.17, 15) is 4.79 Å². The molecule has 0 bridgehead atoms. The fourth-order valence-electron chi connectivity index (χ4n) is 3.02. The number of amides is 1. The molecule has 0 fully saturated rings. The number of ether oxygens (including phenoxy) is 1. The second-order valence-corrected chi connectivity index (χ2v) is 7.17. The van der Waals surface area contributed by atoms with Gasteiger partial charge in [0.1, 0.15) is 5.75 Å². The van der Waals surface area contributed by atoms with Gasteiger partial charge in [-0.25, -0.2) is 0 Å². The maximum absolute atomic E-state index is 12.7. The Bertz CT molecular complexity index is 473. The van der Waals surface area contributed by atoms with Crippen molar-refractivity contribution < 1.29 is 9.53 Å². The van der Waals surface area contributed by atoms with Crippen molar-refractivity contribution >= 4 is 5.91 Å². The Labute approximate surface area is 148 Å². The van der Waals surface area contributed by atoms with E-state index < -0.39 is 0 Å². The number of hydrogen-bond acceptors (Lipinski definition) is 2. The van der Waals surface area contributed by atoms with Crippen molar-refractivity contribution in [3.63, 3.8) is 0 Å². The van der Waals surface area contributed by atoms with Crippen LogP contribution in [0.4, 0.5) is 0 Å². The topological polar surface area (TPSA) is 29.5 Å². The summed E-state index contributed by atoms with van der Waals surface area (Å²) in [7, 11) is 0. The smallest absolute Gasteiger partial charge is 0.223 e. The van der Waals surface area contributed by atoms with Crippen LogP contribution in [-0.4, -0.2) is 30.0 Å². The lowest BCUT2D eigenvalue weighted by molar-refractivity contribution is -0.132. The first-order valence-corrected chi connectivity index (χ1v) is 9.43. The second kappa shape index (κ2) is 10.4. The quantitative estimate of drug-likeness (QED) is 0.585. The number of nitrogens with zero attached hydrogens (tertiary/aromatic N) is 1. The zero-order valence-corrected chi connectivity index (χ0v) is 16.3. The third-order valence-electron chi connectivity index (χ3n) is 4.22. The molecule has 3 heteroatoms. The zero-order chi connectivity index (χ0) is 18.1. The van der Waals surface area contributed by atoms with Gasteiger partial charge in [0, 0.05) is 19.5 Å². The molecule has 0 spiro atoms. The van der Waals surface area contributed by atoms with Crippen LogP contribution < -0.4 is 4.74 Å². The molecule has 1 atom stereocenters. The van der Waals surface area contributed by atoms with Gasteiger partial charge in [0.2, 0.25) is 5.91 Å². The summed E-state index contributed by atoms with van der Waals surface area (Å²) in [6, 6.07) is 8.26. The number of benzene rings is 1. The highest BCUT2D eigenvalue weighted by atomic mass is 16.5. The van der Waals surface area contributed by atoms with Gasteiger partial charge in [-0.3, -0.25) is 4.79 Å². The van der Waals surface area contributed by atoms with Gasteiger partial charge in [-0.2, -0.15) is 0 Å². The van der Waals surface area contributed by atoms with Crippen molar-refractivity contribution in [2.45, 2.75) is 72.8 Å². The van der Waals surface area contributed by atoms with Crippen LogP contribution in [0.1, 0.15) is 72.3 Å². The van der Waals surface area contributed by atoms with E-state index in [2.05, 4.69) is 39.8 Å². The molecule has 0 aliphatic heterocycles. The van der Waals surface area contributed by atoms with Crippen molar-refractivity contribution in [1.29, 1.82) is 0 Å². The summed E-state index contributed by atoms with van der Waals surface area (Å²) in [5.41, 5.74) is 1.22. The van der Waals surface area contributed by atoms with Gasteiger partial charge in [0.25, 0.3) is 0 Å². The largest absolute Gasteiger partial charge is 0.491 e. The summed E-state index contributed by atoms with van der Waals surface area (Å²) in [5.74, 6) is 1.85. The summed E-state index contributed by atoms with van der Waals surface area (Å²) in [6.07, 6.45) is 2.79. The van der Waals surface area contributed by atoms with E-state index in [-0.39, 0.29) is 17.9 Å². The molecule has 24 heavy (non-hydrogen) atoms. The van der Waals surface area contributed by atoms with Crippen LogP contribution in [0.15, 0.2) is 24.3 Å². The maximum atomic E-state index is 12.7. The van der Waals surface area contributed by atoms with Crippen LogP contribution in [0.2, 0.25) is 0 Å². The number of rotatable bonds is 10. The minimum absolute atomic E-state index is 0.176. The fourth-order valence-corrected chi connectivity index (χ4v) is 3.02. The van der Waals surface area contributed by atoms with Crippen molar-refractivity contribution in [2.24, 2.45) is 5.92 Å². The molecule has 1 aromatic carbocycles. The lowest BCUT2D eigenvalue weighted by Gasteiger charge is -2.27. The molecule has 1 amide bonds. The van der Waals surface area contributed by atoms with Crippen LogP contribution in [0, 0.1) is 5.92 Å². The second-order valence-electron chi connectivity index (χ2n) is 7.17. The third-order valence-corrected chi connectivity index (χ3v) is 4.22. The van der Waals surface area contributed by atoms with Crippen molar-refractivity contribution in [3.05, 3.63) is 29.8 Å². The van der Waals surface area contributed by atoms with E-state index in [1.54, 1.807) is 0 Å². The Morgan fingerprint density at radius 3 is 1.96 bits per heavy atom. The van der Waals surface area contributed by atoms with Gasteiger partial charge in [-0.15, -0.1) is 0 Å². The molecule has 136 valence electrons. The van der Waals surface area contributed by atoms with E-state index in [1.165, 1.54) is 5.56 Å². The Kier molecular flexibility index (Phi) is 8.88. The summed E-state index contributed by atoms with van der Waals surface area (Å²) >= 11 is 0. The van der Waals surface area contributed by atoms with Gasteiger partial charge in [-0.1, -0.05) is 39.8 Å². The summed E-state index contributed by atoms with van der Waals surface area (Å²) < 4.78 is 5.72. The van der Waals surface area contributed by atoms with Gasteiger partial charge < -0.3 is 9.64 Å². The van der Waals surface area contributed by atoms with Crippen molar-refractivity contribution in [3.8, 4) is 5.75 Å². The Hall–Kier alpha value is -1.51. The Balaban J connectivity index is 2.84. The number of hydrogen-bond donors (Lipinski definition) is 0. The molecule has 0 aliphatic carbocycles. The van der Waals surface area contributed by atoms with Gasteiger partial charge in [0.05, 0.1) is 6.10 Å². The van der Waals surface area contributed by atoms with Crippen molar-refractivity contribution in [1.82, 2.24) is 4.90 Å². The molecule has 1 aromatic rings. The molecule has 0 unspecified atom stereocenters. The van der Waals surface area contributed by atoms with Crippen LogP contribution in [0.3, 0.4) is 0 Å². The standard InChI is InChI=1S/C21H35NO2/c1-7-13-22(14-8-2)21(23)15-20(16(3)4)18-9-11-19(12-10-18)24-17(5)6/h9-12,16-17,20H,7-8,13-15H2,1-6H3/t20-/m1/s1. The molecule has 0 radical (unpaired) electrons. The minimum atomic E-state index is 0.176. The molecule has 0 N–H and O–H groups in total. The normalized spacial score (nSPS) is 12.5. The van der Waals surface area contributed by atoms with E-state index in [1.807, 2.05) is 30.9 Å². The predicted molar refractivity (Wildman–Crippen MR) is 102 cm³/mol. The first kappa shape index (κ1) is 20.5. The highest BCUT2D eigenvalue weighted by Crippen LogP contribution is 2.30. The molecule has 0 aromatic heterocycles. The molecule has 0 heterocycles. The minimum Gasteiger partial charge on any atom is -0.491 e. The molecule has 3 nitrogen and oxygen atoms in total. The molecule has 0 saturated heterocycles. The Morgan fingerprint density at radius 2 is 1.54 bits per heavy atom. The van der Waals surface area contributed by atoms with Crippen LogP contribution in [-0.2, 0) is 4.79 Å². The Morgan fingerprint density at radius 1 is 1.00 bits per heavy atom. The summed E-state index contributed by atoms with van der Waals surface area (Å²) in [4.78, 5) is 14.7. The van der Waals surface area contributed by atoms with E-state index in [0.29, 0.717) is 12.3 Å². The molecular weight excluding hydrogens is 298 g/mol. The van der Waals surface area contributed by atoms with Crippen LogP contribution in [0.25, 0.3) is 0 Å². The lowest BCUT2D eigenvalue weighted by atomic mass is 9.85. The van der Waals surface area contributed by atoms with Crippen LogP contribution >= 0.6 is 0 Å². The fraction of sp³-hybridized carbons (Fsp3) is 0.667. The average molecular weight is 334 g/mol. The molecular formula is C21H35NO2. The SMILES string of the molecule is CCCN(CCC)C(=O)C[C@@H](c1ccc(OC(C)C)cc1)C(C)C. The highest BCUT2D eigenvalue weighted by Gasteiger charge is 2.22. The van der Waals surface area contributed by atoms with Gasteiger partial charge >= 0.3 is 0 Å². The highest BCUT2D eigenvalue weighted by molar-refractivity contribution is 5.77. The van der Waals surface area contributed by atoms with Gasteiger partial charge in [0.15, 0.2) is 0 Å². The monoisotopic (exact) mass is 333 g/mol. The predicted octanol–water partition coefficient (Wildman–Crippen LogP) is 5.25. The summed E-state index contributed by atoms with van der Waals surface area (Å²) in [5, 5.41) is 0. The van der Waals surface area contributed by atoms with E-state index >= 15 is 0 Å². The third kappa shape index (κ3) is 6.54. The first-order valence-electron chi connectivity index (χ1n) is 9.43. The average Bonchev–Trinajstić information content (AvgIpc) is 2.52. The number of carbonyl (C=O) groups is 1. The molecule has 1 rings (SSSR count). The van der Waals surface area contributed by atoms with Crippen LogP contribution in [0.5, 0.6) is 5.75 Å². The van der Waals surface area contributed by atoms with Crippen molar-refractivity contribution in [2.75, 3.05) is 13.1 Å². The van der Waals surface area contributed by atoms with E-state index in [4.69, 9.17) is 4.74 Å². The summed E-state index contributed by atoms with van der Waals surface area (Å²) in [6.45, 7) is 14.4. The molecule has 0 aliphatic rings. The lowest BCUT2D eigenvalue weighted by Crippen LogP contribution is -2.34. The zero-order valence-electron chi connectivity index (χ0n) is 16.3. The number of carbonyl (C=O) groups excluding carboxylic acids is 1. The first-order chi connectivity index (χ1) is 11.4. The molecule has 0 saturated carbocycles. The van der Waals surface area contributed by atoms with E-state index in [0.717, 1.165) is 31.7 Å². The van der Waals surface area contributed by atoms with Gasteiger partial charge in [-0.05, 0) is 56.2 Å². The maximum Gasteiger partial charge on any atom is 0.223 e.